The highest BCUT2D eigenvalue weighted by Crippen LogP contribution is 2.23. The van der Waals surface area contributed by atoms with Gasteiger partial charge in [-0.25, -0.2) is 9.18 Å². The van der Waals surface area contributed by atoms with Crippen LogP contribution in [0.4, 0.5) is 10.1 Å². The first-order valence-corrected chi connectivity index (χ1v) is 8.44. The van der Waals surface area contributed by atoms with E-state index in [9.17, 15) is 14.0 Å². The van der Waals surface area contributed by atoms with Gasteiger partial charge in [-0.1, -0.05) is 25.1 Å². The molecule has 2 rings (SSSR count). The van der Waals surface area contributed by atoms with E-state index in [1.807, 2.05) is 19.1 Å². The molecular weight excluding hydrogens is 329 g/mol. The Morgan fingerprint density at radius 1 is 1.21 bits per heavy atom. The van der Waals surface area contributed by atoms with Crippen LogP contribution in [0.5, 0.6) is 0 Å². The van der Waals surface area contributed by atoms with Crippen molar-refractivity contribution >= 4 is 29.3 Å². The number of anilines is 1. The molecule has 24 heavy (non-hydrogen) atoms. The van der Waals surface area contributed by atoms with Crippen LogP contribution in [0.1, 0.15) is 22.8 Å². The molecule has 1 amide bonds. The molecule has 0 aliphatic heterocycles. The van der Waals surface area contributed by atoms with Crippen LogP contribution in [0.15, 0.2) is 47.4 Å². The average molecular weight is 347 g/mol. The summed E-state index contributed by atoms with van der Waals surface area (Å²) in [6.07, 6.45) is 0. The Bertz CT molecular complexity index is 749. The van der Waals surface area contributed by atoms with Gasteiger partial charge in [0, 0.05) is 10.6 Å². The lowest BCUT2D eigenvalue weighted by Gasteiger charge is -2.10. The van der Waals surface area contributed by atoms with Crippen molar-refractivity contribution in [2.24, 2.45) is 0 Å². The minimum absolute atomic E-state index is 0.359. The lowest BCUT2D eigenvalue weighted by atomic mass is 10.2. The van der Waals surface area contributed by atoms with Crippen LogP contribution in [0.2, 0.25) is 0 Å². The molecular formula is C18H18FNO3S. The zero-order valence-corrected chi connectivity index (χ0v) is 14.3. The summed E-state index contributed by atoms with van der Waals surface area (Å²) in [6.45, 7) is 3.31. The molecule has 0 unspecified atom stereocenters. The van der Waals surface area contributed by atoms with E-state index in [-0.39, 0.29) is 0 Å². The van der Waals surface area contributed by atoms with E-state index in [2.05, 4.69) is 5.32 Å². The Kier molecular flexibility index (Phi) is 6.37. The maximum absolute atomic E-state index is 13.2. The Labute approximate surface area is 144 Å². The summed E-state index contributed by atoms with van der Waals surface area (Å²) in [5, 5.41) is 2.54. The van der Waals surface area contributed by atoms with Gasteiger partial charge in [0.05, 0.1) is 5.56 Å². The summed E-state index contributed by atoms with van der Waals surface area (Å²) in [5.74, 6) is -0.697. The van der Waals surface area contributed by atoms with Crippen molar-refractivity contribution in [3.63, 3.8) is 0 Å². The van der Waals surface area contributed by atoms with Crippen molar-refractivity contribution in [2.45, 2.75) is 18.7 Å². The van der Waals surface area contributed by atoms with Gasteiger partial charge < -0.3 is 10.1 Å². The third-order valence-electron chi connectivity index (χ3n) is 3.21. The fourth-order valence-corrected chi connectivity index (χ4v) is 2.83. The van der Waals surface area contributed by atoms with E-state index < -0.39 is 24.3 Å². The van der Waals surface area contributed by atoms with Gasteiger partial charge in [0.2, 0.25) is 0 Å². The topological polar surface area (TPSA) is 55.4 Å². The lowest BCUT2D eigenvalue weighted by molar-refractivity contribution is -0.119. The largest absolute Gasteiger partial charge is 0.452 e. The molecule has 0 bridgehead atoms. The predicted molar refractivity (Wildman–Crippen MR) is 92.9 cm³/mol. The van der Waals surface area contributed by atoms with Crippen LogP contribution in [-0.2, 0) is 9.53 Å². The Morgan fingerprint density at radius 3 is 2.71 bits per heavy atom. The normalized spacial score (nSPS) is 10.3. The molecule has 0 radical (unpaired) electrons. The predicted octanol–water partition coefficient (Wildman–Crippen LogP) is 4.04. The molecule has 0 fully saturated rings. The van der Waals surface area contributed by atoms with Gasteiger partial charge in [0.1, 0.15) is 5.82 Å². The van der Waals surface area contributed by atoms with Crippen molar-refractivity contribution in [1.82, 2.24) is 0 Å². The lowest BCUT2D eigenvalue weighted by Crippen LogP contribution is -2.21. The van der Waals surface area contributed by atoms with E-state index in [0.717, 1.165) is 16.2 Å². The Hall–Kier alpha value is -2.34. The van der Waals surface area contributed by atoms with Crippen molar-refractivity contribution in [3.8, 4) is 0 Å². The highest BCUT2D eigenvalue weighted by Gasteiger charge is 2.14. The quantitative estimate of drug-likeness (QED) is 0.633. The molecule has 2 aromatic rings. The molecule has 0 aliphatic rings. The number of benzene rings is 2. The second-order valence-corrected chi connectivity index (χ2v) is 6.32. The van der Waals surface area contributed by atoms with E-state index in [0.29, 0.717) is 11.3 Å². The smallest absolute Gasteiger partial charge is 0.339 e. The fourth-order valence-electron chi connectivity index (χ4n) is 2.04. The first-order chi connectivity index (χ1) is 11.5. The van der Waals surface area contributed by atoms with Crippen molar-refractivity contribution in [1.29, 1.82) is 0 Å². The molecule has 1 N–H and O–H groups in total. The summed E-state index contributed by atoms with van der Waals surface area (Å²) in [5.41, 5.74) is 1.51. The van der Waals surface area contributed by atoms with Crippen LogP contribution < -0.4 is 5.32 Å². The number of thioether (sulfide) groups is 1. The average Bonchev–Trinajstić information content (AvgIpc) is 2.57. The number of ether oxygens (including phenoxy) is 1. The van der Waals surface area contributed by atoms with Crippen LogP contribution >= 0.6 is 11.8 Å². The number of hydrogen-bond donors (Lipinski definition) is 1. The number of amides is 1. The van der Waals surface area contributed by atoms with E-state index >= 15 is 0 Å². The second kappa shape index (κ2) is 8.49. The molecule has 0 spiro atoms. The first-order valence-electron chi connectivity index (χ1n) is 7.46. The van der Waals surface area contributed by atoms with Gasteiger partial charge in [-0.05, 0) is 42.5 Å². The number of esters is 1. The molecule has 0 heterocycles. The summed E-state index contributed by atoms with van der Waals surface area (Å²) >= 11 is 1.53. The number of carbonyl (C=O) groups excluding carboxylic acids is 2. The van der Waals surface area contributed by atoms with Gasteiger partial charge in [0.15, 0.2) is 6.61 Å². The standard InChI is InChI=1S/C18H18FNO3S/c1-3-24-16-7-5-4-6-14(16)18(22)23-11-17(21)20-15-10-13(19)9-8-12(15)2/h4-10H,3,11H2,1-2H3,(H,20,21). The number of rotatable bonds is 6. The summed E-state index contributed by atoms with van der Waals surface area (Å²) in [6, 6.07) is 11.2. The maximum Gasteiger partial charge on any atom is 0.339 e. The highest BCUT2D eigenvalue weighted by molar-refractivity contribution is 7.99. The van der Waals surface area contributed by atoms with E-state index in [1.165, 1.54) is 23.9 Å². The second-order valence-electron chi connectivity index (χ2n) is 5.01. The van der Waals surface area contributed by atoms with Gasteiger partial charge in [-0.3, -0.25) is 4.79 Å². The van der Waals surface area contributed by atoms with Gasteiger partial charge in [-0.2, -0.15) is 0 Å². The van der Waals surface area contributed by atoms with Crippen LogP contribution in [0.25, 0.3) is 0 Å². The monoisotopic (exact) mass is 347 g/mol. The van der Waals surface area contributed by atoms with Gasteiger partial charge >= 0.3 is 5.97 Å². The molecule has 6 heteroatoms. The molecule has 2 aromatic carbocycles. The van der Waals surface area contributed by atoms with Crippen LogP contribution in [-0.4, -0.2) is 24.2 Å². The maximum atomic E-state index is 13.2. The Morgan fingerprint density at radius 2 is 1.96 bits per heavy atom. The molecule has 0 atom stereocenters. The number of halogens is 1. The third kappa shape index (κ3) is 4.83. The van der Waals surface area contributed by atoms with E-state index in [4.69, 9.17) is 4.74 Å². The molecule has 0 saturated heterocycles. The molecule has 4 nitrogen and oxygen atoms in total. The first kappa shape index (κ1) is 18.0. The fraction of sp³-hybridized carbons (Fsp3) is 0.222. The number of nitrogens with one attached hydrogen (secondary N) is 1. The summed E-state index contributed by atoms with van der Waals surface area (Å²) in [7, 11) is 0. The Balaban J connectivity index is 1.96. The van der Waals surface area contributed by atoms with Crippen LogP contribution in [0, 0.1) is 12.7 Å². The summed E-state index contributed by atoms with van der Waals surface area (Å²) < 4.78 is 18.3. The minimum Gasteiger partial charge on any atom is -0.452 e. The molecule has 0 aliphatic carbocycles. The third-order valence-corrected chi connectivity index (χ3v) is 4.17. The van der Waals surface area contributed by atoms with E-state index in [1.54, 1.807) is 25.1 Å². The van der Waals surface area contributed by atoms with Crippen molar-refractivity contribution in [2.75, 3.05) is 17.7 Å². The minimum atomic E-state index is -0.558. The molecule has 0 saturated carbocycles. The zero-order chi connectivity index (χ0) is 17.5. The highest BCUT2D eigenvalue weighted by atomic mass is 32.2. The zero-order valence-electron chi connectivity index (χ0n) is 13.5. The van der Waals surface area contributed by atoms with Crippen molar-refractivity contribution < 1.29 is 18.7 Å². The van der Waals surface area contributed by atoms with Crippen molar-refractivity contribution in [3.05, 3.63) is 59.4 Å². The number of hydrogen-bond acceptors (Lipinski definition) is 4. The number of aryl methyl sites for hydroxylation is 1. The van der Waals surface area contributed by atoms with Crippen LogP contribution in [0.3, 0.4) is 0 Å². The molecule has 0 aromatic heterocycles. The number of carbonyl (C=O) groups is 2. The summed E-state index contributed by atoms with van der Waals surface area (Å²) in [4.78, 5) is 24.9. The van der Waals surface area contributed by atoms with Gasteiger partial charge in [0.25, 0.3) is 5.91 Å². The molecule has 126 valence electrons. The van der Waals surface area contributed by atoms with Gasteiger partial charge in [-0.15, -0.1) is 11.8 Å². The SMILES string of the molecule is CCSc1ccccc1C(=O)OCC(=O)Nc1cc(F)ccc1C.